The molecule has 5 heteroatoms. The molecule has 1 aromatic rings. The molecule has 4 nitrogen and oxygen atoms in total. The van der Waals surface area contributed by atoms with Gasteiger partial charge in [-0.15, -0.1) is 0 Å². The number of carbonyl (C=O) groups excluding carboxylic acids is 1. The zero-order valence-electron chi connectivity index (χ0n) is 10.2. The summed E-state index contributed by atoms with van der Waals surface area (Å²) in [6.07, 6.45) is 0.976. The highest BCUT2D eigenvalue weighted by atomic mass is 79.9. The van der Waals surface area contributed by atoms with Crippen LogP contribution < -0.4 is 0 Å². The summed E-state index contributed by atoms with van der Waals surface area (Å²) >= 11 is 3.34. The van der Waals surface area contributed by atoms with Gasteiger partial charge in [-0.2, -0.15) is 0 Å². The number of benzene rings is 1. The van der Waals surface area contributed by atoms with Crippen molar-refractivity contribution in [1.82, 2.24) is 4.90 Å². The molecule has 1 N–H and O–H groups in total. The molecule has 0 aliphatic carbocycles. The second-order valence-corrected chi connectivity index (χ2v) is 4.93. The normalized spacial score (nSPS) is 10.1. The van der Waals surface area contributed by atoms with Crippen molar-refractivity contribution in [2.24, 2.45) is 0 Å². The van der Waals surface area contributed by atoms with E-state index in [9.17, 15) is 9.59 Å². The molecule has 0 aliphatic heterocycles. The molecule has 1 amide bonds. The van der Waals surface area contributed by atoms with Crippen LogP contribution in [0.3, 0.4) is 0 Å². The van der Waals surface area contributed by atoms with Crippen LogP contribution in [0.5, 0.6) is 0 Å². The summed E-state index contributed by atoms with van der Waals surface area (Å²) in [6.45, 7) is 2.15. The summed E-state index contributed by atoms with van der Waals surface area (Å²) in [4.78, 5) is 24.1. The Hall–Kier alpha value is -1.36. The van der Waals surface area contributed by atoms with Crippen LogP contribution in [-0.4, -0.2) is 35.0 Å². The van der Waals surface area contributed by atoms with Gasteiger partial charge in [0, 0.05) is 11.0 Å². The minimum Gasteiger partial charge on any atom is -0.480 e. The lowest BCUT2D eigenvalue weighted by Crippen LogP contribution is -2.37. The van der Waals surface area contributed by atoms with E-state index in [0.29, 0.717) is 6.54 Å². The highest BCUT2D eigenvalue weighted by Crippen LogP contribution is 2.13. The molecule has 1 aromatic carbocycles. The summed E-state index contributed by atoms with van der Waals surface area (Å²) < 4.78 is 0.910. The largest absolute Gasteiger partial charge is 0.480 e. The first kappa shape index (κ1) is 14.7. The molecule has 0 saturated heterocycles. The molecule has 0 aromatic heterocycles. The third kappa shape index (κ3) is 4.87. The molecule has 0 unspecified atom stereocenters. The second kappa shape index (κ2) is 7.16. The van der Waals surface area contributed by atoms with E-state index in [1.807, 2.05) is 31.2 Å². The van der Waals surface area contributed by atoms with Crippen molar-refractivity contribution < 1.29 is 14.7 Å². The predicted octanol–water partition coefficient (Wildman–Crippen LogP) is 2.31. The van der Waals surface area contributed by atoms with Crippen molar-refractivity contribution in [1.29, 1.82) is 0 Å². The van der Waals surface area contributed by atoms with Gasteiger partial charge in [-0.1, -0.05) is 35.0 Å². The number of nitrogens with zero attached hydrogens (tertiary/aromatic N) is 1. The smallest absolute Gasteiger partial charge is 0.323 e. The van der Waals surface area contributed by atoms with Gasteiger partial charge in [-0.05, 0) is 24.1 Å². The van der Waals surface area contributed by atoms with Crippen molar-refractivity contribution in [3.8, 4) is 0 Å². The lowest BCUT2D eigenvalue weighted by atomic mass is 10.1. The fraction of sp³-hybridized carbons (Fsp3) is 0.385. The first-order chi connectivity index (χ1) is 8.52. The number of rotatable bonds is 6. The van der Waals surface area contributed by atoms with Crippen molar-refractivity contribution in [2.45, 2.75) is 19.8 Å². The molecule has 0 heterocycles. The van der Waals surface area contributed by atoms with Crippen LogP contribution >= 0.6 is 15.9 Å². The van der Waals surface area contributed by atoms with Gasteiger partial charge in [-0.25, -0.2) is 0 Å². The van der Waals surface area contributed by atoms with E-state index in [1.165, 1.54) is 4.90 Å². The van der Waals surface area contributed by atoms with Gasteiger partial charge in [-0.3, -0.25) is 9.59 Å². The Morgan fingerprint density at radius 3 is 2.67 bits per heavy atom. The van der Waals surface area contributed by atoms with Crippen molar-refractivity contribution >= 4 is 27.8 Å². The quantitative estimate of drug-likeness (QED) is 0.876. The maximum Gasteiger partial charge on any atom is 0.323 e. The molecular weight excluding hydrogens is 298 g/mol. The van der Waals surface area contributed by atoms with E-state index in [1.54, 1.807) is 0 Å². The van der Waals surface area contributed by atoms with E-state index in [-0.39, 0.29) is 18.9 Å². The Balaban J connectivity index is 2.69. The topological polar surface area (TPSA) is 57.6 Å². The number of carbonyl (C=O) groups is 2. The van der Waals surface area contributed by atoms with Crippen LogP contribution in [0.25, 0.3) is 0 Å². The maximum atomic E-state index is 12.0. The highest BCUT2D eigenvalue weighted by Gasteiger charge is 2.16. The standard InChI is InChI=1S/C13H16BrNO3/c1-2-6-15(9-13(17)18)12(16)8-10-4-3-5-11(14)7-10/h3-5,7H,2,6,8-9H2,1H3,(H,17,18). The minimum atomic E-state index is -0.981. The number of halogens is 1. The Morgan fingerprint density at radius 1 is 1.39 bits per heavy atom. The lowest BCUT2D eigenvalue weighted by Gasteiger charge is -2.20. The van der Waals surface area contributed by atoms with E-state index < -0.39 is 5.97 Å². The van der Waals surface area contributed by atoms with Gasteiger partial charge < -0.3 is 10.0 Å². The zero-order chi connectivity index (χ0) is 13.5. The van der Waals surface area contributed by atoms with E-state index >= 15 is 0 Å². The molecule has 0 fully saturated rings. The average Bonchev–Trinajstić information content (AvgIpc) is 2.27. The number of hydrogen-bond donors (Lipinski definition) is 1. The summed E-state index contributed by atoms with van der Waals surface area (Å²) in [5, 5.41) is 8.77. The number of carboxylic acids is 1. The van der Waals surface area contributed by atoms with Gasteiger partial charge in [0.05, 0.1) is 6.42 Å². The molecule has 98 valence electrons. The maximum absolute atomic E-state index is 12.0. The summed E-state index contributed by atoms with van der Waals surface area (Å²) in [7, 11) is 0. The third-order valence-electron chi connectivity index (χ3n) is 2.42. The molecule has 18 heavy (non-hydrogen) atoms. The molecule has 0 saturated carbocycles. The van der Waals surface area contributed by atoms with E-state index in [4.69, 9.17) is 5.11 Å². The number of amides is 1. The van der Waals surface area contributed by atoms with Crippen molar-refractivity contribution in [3.63, 3.8) is 0 Å². The second-order valence-electron chi connectivity index (χ2n) is 4.02. The lowest BCUT2D eigenvalue weighted by molar-refractivity contribution is -0.144. The number of hydrogen-bond acceptors (Lipinski definition) is 2. The summed E-state index contributed by atoms with van der Waals surface area (Å²) in [6, 6.07) is 7.46. The van der Waals surface area contributed by atoms with Gasteiger partial charge in [0.1, 0.15) is 6.54 Å². The SMILES string of the molecule is CCCN(CC(=O)O)C(=O)Cc1cccc(Br)c1. The molecule has 0 aliphatic rings. The van der Waals surface area contributed by atoms with Gasteiger partial charge >= 0.3 is 5.97 Å². The van der Waals surface area contributed by atoms with E-state index in [0.717, 1.165) is 16.5 Å². The first-order valence-electron chi connectivity index (χ1n) is 5.77. The van der Waals surface area contributed by atoms with E-state index in [2.05, 4.69) is 15.9 Å². The Bertz CT molecular complexity index is 434. The zero-order valence-corrected chi connectivity index (χ0v) is 11.8. The van der Waals surface area contributed by atoms with Crippen molar-refractivity contribution in [3.05, 3.63) is 34.3 Å². The summed E-state index contributed by atoms with van der Waals surface area (Å²) in [5.41, 5.74) is 0.876. The van der Waals surface area contributed by atoms with Crippen LogP contribution in [0.1, 0.15) is 18.9 Å². The number of carboxylic acid groups (broad SMARTS) is 1. The number of aliphatic carboxylic acids is 1. The minimum absolute atomic E-state index is 0.155. The van der Waals surface area contributed by atoms with Crippen LogP contribution in [-0.2, 0) is 16.0 Å². The molecule has 1 rings (SSSR count). The van der Waals surface area contributed by atoms with Crippen LogP contribution in [0, 0.1) is 0 Å². The Labute approximate surface area is 115 Å². The third-order valence-corrected chi connectivity index (χ3v) is 2.91. The molecule has 0 bridgehead atoms. The van der Waals surface area contributed by atoms with Crippen LogP contribution in [0.4, 0.5) is 0 Å². The van der Waals surface area contributed by atoms with Crippen LogP contribution in [0.2, 0.25) is 0 Å². The van der Waals surface area contributed by atoms with Crippen LogP contribution in [0.15, 0.2) is 28.7 Å². The highest BCUT2D eigenvalue weighted by molar-refractivity contribution is 9.10. The fourth-order valence-electron chi connectivity index (χ4n) is 1.66. The summed E-state index contributed by atoms with van der Waals surface area (Å²) in [5.74, 6) is -1.14. The first-order valence-corrected chi connectivity index (χ1v) is 6.56. The Kier molecular flexibility index (Phi) is 5.85. The molecule has 0 radical (unpaired) electrons. The average molecular weight is 314 g/mol. The van der Waals surface area contributed by atoms with Gasteiger partial charge in [0.25, 0.3) is 0 Å². The predicted molar refractivity (Wildman–Crippen MR) is 72.4 cm³/mol. The van der Waals surface area contributed by atoms with Gasteiger partial charge in [0.15, 0.2) is 0 Å². The fourth-order valence-corrected chi connectivity index (χ4v) is 2.11. The van der Waals surface area contributed by atoms with Crippen molar-refractivity contribution in [2.75, 3.05) is 13.1 Å². The molecular formula is C13H16BrNO3. The molecule has 0 atom stereocenters. The molecule has 0 spiro atoms. The monoisotopic (exact) mass is 313 g/mol. The Morgan fingerprint density at radius 2 is 2.11 bits per heavy atom. The van der Waals surface area contributed by atoms with Gasteiger partial charge in [0.2, 0.25) is 5.91 Å².